The Hall–Kier alpha value is -3.53. The fourth-order valence-electron chi connectivity index (χ4n) is 3.58. The molecule has 180 valence electrons. The Bertz CT molecular complexity index is 1330. The van der Waals surface area contributed by atoms with Crippen LogP contribution in [0.5, 0.6) is 0 Å². The van der Waals surface area contributed by atoms with Crippen molar-refractivity contribution in [3.8, 4) is 11.1 Å². The Labute approximate surface area is 199 Å². The lowest BCUT2D eigenvalue weighted by Crippen LogP contribution is -2.26. The molecule has 0 unspecified atom stereocenters. The maximum Gasteiger partial charge on any atom is 0.269 e. The molecular weight excluding hydrogens is 454 g/mol. The summed E-state index contributed by atoms with van der Waals surface area (Å²) in [7, 11) is -2.32. The standard InChI is InChI=1S/C24H29N5O4S/c1-5-6-7-12-26-23(31)21-13-19(20-14-27-29(4)16(20)3)15(2)24(28-21)34(32,33)18-10-8-17(9-11-18)22(25)30/h8-11,13-14H,5-7,12H2,1-4H3,(H2,25,30)(H,26,31). The number of pyridine rings is 1. The van der Waals surface area contributed by atoms with Gasteiger partial charge in [-0.2, -0.15) is 5.10 Å². The number of nitrogens with zero attached hydrogens (tertiary/aromatic N) is 3. The maximum absolute atomic E-state index is 13.6. The molecule has 3 rings (SSSR count). The zero-order valence-corrected chi connectivity index (χ0v) is 20.6. The number of aryl methyl sites for hydroxylation is 1. The molecule has 0 bridgehead atoms. The van der Waals surface area contributed by atoms with Crippen molar-refractivity contribution in [1.82, 2.24) is 20.1 Å². The van der Waals surface area contributed by atoms with E-state index in [0.717, 1.165) is 25.0 Å². The van der Waals surface area contributed by atoms with Gasteiger partial charge < -0.3 is 11.1 Å². The molecule has 9 nitrogen and oxygen atoms in total. The van der Waals surface area contributed by atoms with E-state index in [-0.39, 0.29) is 21.2 Å². The van der Waals surface area contributed by atoms with Crippen LogP contribution in [-0.4, -0.2) is 41.5 Å². The molecule has 2 amide bonds. The van der Waals surface area contributed by atoms with Gasteiger partial charge in [-0.15, -0.1) is 0 Å². The van der Waals surface area contributed by atoms with E-state index in [1.807, 2.05) is 6.92 Å². The zero-order valence-electron chi connectivity index (χ0n) is 19.8. The Kier molecular flexibility index (Phi) is 7.51. The van der Waals surface area contributed by atoms with Gasteiger partial charge in [-0.05, 0) is 61.7 Å². The second-order valence-electron chi connectivity index (χ2n) is 8.11. The van der Waals surface area contributed by atoms with Crippen LogP contribution >= 0.6 is 0 Å². The molecule has 1 aromatic carbocycles. The predicted molar refractivity (Wildman–Crippen MR) is 128 cm³/mol. The van der Waals surface area contributed by atoms with Crippen molar-refractivity contribution in [1.29, 1.82) is 0 Å². The predicted octanol–water partition coefficient (Wildman–Crippen LogP) is 2.95. The highest BCUT2D eigenvalue weighted by Crippen LogP contribution is 2.32. The molecule has 0 aliphatic rings. The number of aromatic nitrogens is 3. The lowest BCUT2D eigenvalue weighted by molar-refractivity contribution is 0.0946. The Morgan fingerprint density at radius 3 is 2.32 bits per heavy atom. The van der Waals surface area contributed by atoms with Crippen LogP contribution in [-0.2, 0) is 16.9 Å². The molecule has 10 heteroatoms. The first-order valence-electron chi connectivity index (χ1n) is 11.0. The number of carbonyl (C=O) groups excluding carboxylic acids is 2. The minimum absolute atomic E-state index is 0.00711. The van der Waals surface area contributed by atoms with Gasteiger partial charge in [-0.25, -0.2) is 13.4 Å². The van der Waals surface area contributed by atoms with E-state index in [9.17, 15) is 18.0 Å². The highest BCUT2D eigenvalue weighted by molar-refractivity contribution is 7.91. The SMILES string of the molecule is CCCCCNC(=O)c1cc(-c2cnn(C)c2C)c(C)c(S(=O)(=O)c2ccc(C(N)=O)cc2)n1. The molecule has 0 fully saturated rings. The summed E-state index contributed by atoms with van der Waals surface area (Å²) in [6.45, 7) is 6.06. The number of unbranched alkanes of at least 4 members (excludes halogenated alkanes) is 2. The number of hydrogen-bond acceptors (Lipinski definition) is 6. The van der Waals surface area contributed by atoms with Gasteiger partial charge >= 0.3 is 0 Å². The Balaban J connectivity index is 2.15. The fraction of sp³-hybridized carbons (Fsp3) is 0.333. The summed E-state index contributed by atoms with van der Waals surface area (Å²) in [5.41, 5.74) is 7.96. The highest BCUT2D eigenvalue weighted by Gasteiger charge is 2.27. The minimum Gasteiger partial charge on any atom is -0.366 e. The average Bonchev–Trinajstić information content (AvgIpc) is 3.14. The molecule has 0 saturated heterocycles. The van der Waals surface area contributed by atoms with Crippen LogP contribution < -0.4 is 11.1 Å². The number of rotatable bonds is 9. The minimum atomic E-state index is -4.10. The van der Waals surface area contributed by atoms with Crippen LogP contribution in [0.2, 0.25) is 0 Å². The maximum atomic E-state index is 13.6. The quantitative estimate of drug-likeness (QED) is 0.449. The van der Waals surface area contributed by atoms with E-state index in [2.05, 4.69) is 22.3 Å². The number of nitrogens with two attached hydrogens (primary N) is 1. The number of carbonyl (C=O) groups is 2. The molecule has 0 aliphatic carbocycles. The zero-order chi connectivity index (χ0) is 25.0. The summed E-state index contributed by atoms with van der Waals surface area (Å²) < 4.78 is 28.8. The van der Waals surface area contributed by atoms with Crippen LogP contribution in [0.3, 0.4) is 0 Å². The molecular formula is C24H29N5O4S. The van der Waals surface area contributed by atoms with E-state index < -0.39 is 21.7 Å². The second kappa shape index (κ2) is 10.2. The summed E-state index contributed by atoms with van der Waals surface area (Å²) in [5.74, 6) is -1.10. The van der Waals surface area contributed by atoms with Crippen LogP contribution in [0, 0.1) is 13.8 Å². The molecule has 0 radical (unpaired) electrons. The van der Waals surface area contributed by atoms with Gasteiger partial charge in [0.1, 0.15) is 5.69 Å². The number of sulfone groups is 1. The van der Waals surface area contributed by atoms with Gasteiger partial charge in [0.2, 0.25) is 15.7 Å². The van der Waals surface area contributed by atoms with Gasteiger partial charge in [0.05, 0.1) is 11.1 Å². The van der Waals surface area contributed by atoms with Crippen molar-refractivity contribution in [3.63, 3.8) is 0 Å². The van der Waals surface area contributed by atoms with Crippen molar-refractivity contribution in [2.75, 3.05) is 6.54 Å². The Morgan fingerprint density at radius 1 is 1.09 bits per heavy atom. The Morgan fingerprint density at radius 2 is 1.76 bits per heavy atom. The van der Waals surface area contributed by atoms with E-state index in [0.29, 0.717) is 23.2 Å². The third-order valence-electron chi connectivity index (χ3n) is 5.76. The lowest BCUT2D eigenvalue weighted by Gasteiger charge is -2.14. The summed E-state index contributed by atoms with van der Waals surface area (Å²) in [6, 6.07) is 6.91. The normalized spacial score (nSPS) is 11.4. The molecule has 34 heavy (non-hydrogen) atoms. The van der Waals surface area contributed by atoms with Gasteiger partial charge in [-0.1, -0.05) is 19.8 Å². The lowest BCUT2D eigenvalue weighted by atomic mass is 10.0. The number of nitrogens with one attached hydrogen (secondary N) is 1. The second-order valence-corrected chi connectivity index (χ2v) is 9.97. The fourth-order valence-corrected chi connectivity index (χ4v) is 5.03. The van der Waals surface area contributed by atoms with Crippen molar-refractivity contribution in [3.05, 3.63) is 59.0 Å². The van der Waals surface area contributed by atoms with E-state index in [1.165, 1.54) is 24.3 Å². The number of hydrogen-bond donors (Lipinski definition) is 2. The molecule has 3 aromatic rings. The van der Waals surface area contributed by atoms with Crippen molar-refractivity contribution in [2.24, 2.45) is 12.8 Å². The van der Waals surface area contributed by atoms with Gasteiger partial charge in [0.25, 0.3) is 5.91 Å². The van der Waals surface area contributed by atoms with E-state index >= 15 is 0 Å². The molecule has 0 saturated carbocycles. The smallest absolute Gasteiger partial charge is 0.269 e. The number of primary amides is 1. The largest absolute Gasteiger partial charge is 0.366 e. The van der Waals surface area contributed by atoms with Crippen LogP contribution in [0.4, 0.5) is 0 Å². The summed E-state index contributed by atoms with van der Waals surface area (Å²) in [4.78, 5) is 28.5. The van der Waals surface area contributed by atoms with E-state index in [4.69, 9.17) is 5.73 Å². The monoisotopic (exact) mass is 483 g/mol. The summed E-state index contributed by atoms with van der Waals surface area (Å²) in [5, 5.41) is 6.86. The number of benzene rings is 1. The topological polar surface area (TPSA) is 137 Å². The van der Waals surface area contributed by atoms with Gasteiger partial charge in [0, 0.05) is 30.4 Å². The van der Waals surface area contributed by atoms with Gasteiger partial charge in [-0.3, -0.25) is 14.3 Å². The molecule has 0 spiro atoms. The molecule has 3 N–H and O–H groups in total. The molecule has 2 heterocycles. The summed E-state index contributed by atoms with van der Waals surface area (Å²) in [6.07, 6.45) is 4.45. The summed E-state index contributed by atoms with van der Waals surface area (Å²) >= 11 is 0. The van der Waals surface area contributed by atoms with Crippen molar-refractivity contribution < 1.29 is 18.0 Å². The highest BCUT2D eigenvalue weighted by atomic mass is 32.2. The van der Waals surface area contributed by atoms with Crippen molar-refractivity contribution >= 4 is 21.7 Å². The molecule has 2 aromatic heterocycles. The third kappa shape index (κ3) is 5.01. The average molecular weight is 484 g/mol. The first kappa shape index (κ1) is 25.1. The van der Waals surface area contributed by atoms with Gasteiger partial charge in [0.15, 0.2) is 5.03 Å². The van der Waals surface area contributed by atoms with E-state index in [1.54, 1.807) is 30.9 Å². The molecule has 0 atom stereocenters. The first-order chi connectivity index (χ1) is 16.1. The van der Waals surface area contributed by atoms with Crippen LogP contribution in [0.1, 0.15) is 58.3 Å². The first-order valence-corrected chi connectivity index (χ1v) is 12.5. The third-order valence-corrected chi connectivity index (χ3v) is 7.55. The van der Waals surface area contributed by atoms with Crippen LogP contribution in [0.15, 0.2) is 46.5 Å². The van der Waals surface area contributed by atoms with Crippen molar-refractivity contribution in [2.45, 2.75) is 50.0 Å². The van der Waals surface area contributed by atoms with Crippen LogP contribution in [0.25, 0.3) is 11.1 Å². The number of amides is 2. The molecule has 0 aliphatic heterocycles.